The van der Waals surface area contributed by atoms with Gasteiger partial charge in [-0.15, -0.1) is 0 Å². The lowest BCUT2D eigenvalue weighted by Gasteiger charge is -2.19. The van der Waals surface area contributed by atoms with Gasteiger partial charge >= 0.3 is 10.2 Å². The zero-order chi connectivity index (χ0) is 15.2. The van der Waals surface area contributed by atoms with E-state index in [1.54, 1.807) is 38.1 Å². The van der Waals surface area contributed by atoms with Crippen molar-refractivity contribution in [1.29, 1.82) is 0 Å². The maximum Gasteiger partial charge on any atom is 0.301 e. The lowest BCUT2D eigenvalue weighted by Crippen LogP contribution is -2.35. The first kappa shape index (κ1) is 16.3. The van der Waals surface area contributed by atoms with E-state index in [4.69, 9.17) is 10.9 Å². The van der Waals surface area contributed by atoms with E-state index in [2.05, 4.69) is 9.88 Å². The Morgan fingerprint density at radius 2 is 1.85 bits per heavy atom. The number of amidine groups is 1. The molecule has 1 rings (SSSR count). The van der Waals surface area contributed by atoms with Crippen LogP contribution >= 0.6 is 0 Å². The van der Waals surface area contributed by atoms with Crippen LogP contribution in [-0.2, 0) is 16.6 Å². The minimum atomic E-state index is -3.52. The first-order chi connectivity index (χ1) is 9.42. The average Bonchev–Trinajstić information content (AvgIpc) is 2.41. The monoisotopic (exact) mass is 300 g/mol. The van der Waals surface area contributed by atoms with Crippen LogP contribution in [0.5, 0.6) is 0 Å². The molecule has 112 valence electrons. The average molecular weight is 300 g/mol. The van der Waals surface area contributed by atoms with Gasteiger partial charge in [-0.25, -0.2) is 0 Å². The third-order valence-corrected chi connectivity index (χ3v) is 4.45. The molecule has 0 atom stereocenters. The van der Waals surface area contributed by atoms with Gasteiger partial charge in [0.2, 0.25) is 0 Å². The number of nitrogens with zero attached hydrogens (tertiary/aromatic N) is 2. The molecule has 0 spiro atoms. The van der Waals surface area contributed by atoms with Gasteiger partial charge in [-0.05, 0) is 17.7 Å². The lowest BCUT2D eigenvalue weighted by molar-refractivity contribution is 0.317. The van der Waals surface area contributed by atoms with Crippen LogP contribution in [0.2, 0.25) is 0 Å². The molecular weight excluding hydrogens is 280 g/mol. The van der Waals surface area contributed by atoms with E-state index < -0.39 is 10.2 Å². The van der Waals surface area contributed by atoms with Gasteiger partial charge in [-0.3, -0.25) is 4.72 Å². The second kappa shape index (κ2) is 7.11. The molecule has 0 amide bonds. The molecular formula is C12H20N4O3S. The second-order valence-corrected chi connectivity index (χ2v) is 5.83. The Morgan fingerprint density at radius 3 is 2.30 bits per heavy atom. The molecule has 0 saturated heterocycles. The largest absolute Gasteiger partial charge is 0.409 e. The van der Waals surface area contributed by atoms with Crippen molar-refractivity contribution in [3.63, 3.8) is 0 Å². The fourth-order valence-corrected chi connectivity index (χ4v) is 2.96. The summed E-state index contributed by atoms with van der Waals surface area (Å²) in [6.07, 6.45) is 0.305. The molecule has 1 aromatic rings. The third kappa shape index (κ3) is 4.39. The summed E-state index contributed by atoms with van der Waals surface area (Å²) in [6.45, 7) is 4.38. The minimum absolute atomic E-state index is 0.0986. The second-order valence-electron chi connectivity index (χ2n) is 4.16. The maximum atomic E-state index is 12.0. The predicted octanol–water partition coefficient (Wildman–Crippen LogP) is 0.974. The van der Waals surface area contributed by atoms with Gasteiger partial charge in [0.1, 0.15) is 5.84 Å². The van der Waals surface area contributed by atoms with Crippen LogP contribution in [0.25, 0.3) is 0 Å². The zero-order valence-corrected chi connectivity index (χ0v) is 12.4. The topological polar surface area (TPSA) is 108 Å². The third-order valence-electron chi connectivity index (χ3n) is 2.76. The van der Waals surface area contributed by atoms with E-state index in [0.717, 1.165) is 5.56 Å². The van der Waals surface area contributed by atoms with E-state index in [1.807, 2.05) is 0 Å². The Bertz CT molecular complexity index is 551. The Hall–Kier alpha value is -1.80. The fourth-order valence-electron chi connectivity index (χ4n) is 1.71. The van der Waals surface area contributed by atoms with Gasteiger partial charge < -0.3 is 10.9 Å². The van der Waals surface area contributed by atoms with Gasteiger partial charge in [0, 0.05) is 25.2 Å². The Balaban J connectivity index is 2.80. The van der Waals surface area contributed by atoms with Gasteiger partial charge in [-0.2, -0.15) is 12.7 Å². The van der Waals surface area contributed by atoms with E-state index in [0.29, 0.717) is 25.2 Å². The molecule has 0 radical (unpaired) electrons. The number of benzene rings is 1. The highest BCUT2D eigenvalue weighted by Gasteiger charge is 2.18. The SMILES string of the molecule is CCN(CC)S(=O)(=O)Nc1ccc(CC(N)=NO)cc1. The summed E-state index contributed by atoms with van der Waals surface area (Å²) >= 11 is 0. The summed E-state index contributed by atoms with van der Waals surface area (Å²) in [5, 5.41) is 11.4. The van der Waals surface area contributed by atoms with E-state index >= 15 is 0 Å². The summed E-state index contributed by atoms with van der Waals surface area (Å²) < 4.78 is 27.9. The fraction of sp³-hybridized carbons (Fsp3) is 0.417. The molecule has 0 unspecified atom stereocenters. The molecule has 20 heavy (non-hydrogen) atoms. The number of anilines is 1. The van der Waals surface area contributed by atoms with Crippen LogP contribution in [0, 0.1) is 0 Å². The molecule has 0 aliphatic carbocycles. The highest BCUT2D eigenvalue weighted by atomic mass is 32.2. The standard InChI is InChI=1S/C12H20N4O3S/c1-3-16(4-2)20(18,19)15-11-7-5-10(6-8-11)9-12(13)14-17/h5-8,15,17H,3-4,9H2,1-2H3,(H2,13,14). The predicted molar refractivity (Wildman–Crippen MR) is 79.0 cm³/mol. The summed E-state index contributed by atoms with van der Waals surface area (Å²) in [4.78, 5) is 0. The quantitative estimate of drug-likeness (QED) is 0.302. The molecule has 0 aromatic heterocycles. The van der Waals surface area contributed by atoms with Gasteiger partial charge in [-0.1, -0.05) is 31.1 Å². The maximum absolute atomic E-state index is 12.0. The van der Waals surface area contributed by atoms with Crippen molar-refractivity contribution in [2.24, 2.45) is 10.9 Å². The van der Waals surface area contributed by atoms with Crippen molar-refractivity contribution >= 4 is 21.7 Å². The number of rotatable bonds is 7. The summed E-state index contributed by atoms with van der Waals surface area (Å²) in [6, 6.07) is 6.72. The molecule has 1 aromatic carbocycles. The molecule has 8 heteroatoms. The molecule has 0 saturated carbocycles. The van der Waals surface area contributed by atoms with Crippen LogP contribution in [0.3, 0.4) is 0 Å². The number of nitrogens with two attached hydrogens (primary N) is 1. The van der Waals surface area contributed by atoms with Crippen molar-refractivity contribution in [3.05, 3.63) is 29.8 Å². The number of oxime groups is 1. The summed E-state index contributed by atoms with van der Waals surface area (Å²) in [5.41, 5.74) is 6.70. The van der Waals surface area contributed by atoms with Crippen molar-refractivity contribution < 1.29 is 13.6 Å². The van der Waals surface area contributed by atoms with Crippen molar-refractivity contribution in [1.82, 2.24) is 4.31 Å². The smallest absolute Gasteiger partial charge is 0.301 e. The highest BCUT2D eigenvalue weighted by molar-refractivity contribution is 7.90. The minimum Gasteiger partial charge on any atom is -0.409 e. The van der Waals surface area contributed by atoms with Gasteiger partial charge in [0.25, 0.3) is 0 Å². The van der Waals surface area contributed by atoms with E-state index in [1.165, 1.54) is 4.31 Å². The molecule has 7 nitrogen and oxygen atoms in total. The Kier molecular flexibility index (Phi) is 5.78. The zero-order valence-electron chi connectivity index (χ0n) is 11.6. The van der Waals surface area contributed by atoms with Crippen LogP contribution in [0.15, 0.2) is 29.4 Å². The normalized spacial score (nSPS) is 12.7. The highest BCUT2D eigenvalue weighted by Crippen LogP contribution is 2.13. The molecule has 0 heterocycles. The van der Waals surface area contributed by atoms with Crippen LogP contribution in [0.1, 0.15) is 19.4 Å². The van der Waals surface area contributed by atoms with E-state index in [9.17, 15) is 8.42 Å². The molecule has 0 aliphatic heterocycles. The molecule has 0 fully saturated rings. The van der Waals surface area contributed by atoms with Crippen molar-refractivity contribution in [3.8, 4) is 0 Å². The summed E-state index contributed by atoms with van der Waals surface area (Å²) in [7, 11) is -3.52. The van der Waals surface area contributed by atoms with Crippen molar-refractivity contribution in [2.45, 2.75) is 20.3 Å². The van der Waals surface area contributed by atoms with Crippen LogP contribution in [0.4, 0.5) is 5.69 Å². The molecule has 0 bridgehead atoms. The Morgan fingerprint density at radius 1 is 1.30 bits per heavy atom. The Labute approximate surface area is 119 Å². The number of nitrogens with one attached hydrogen (secondary N) is 1. The number of hydrogen-bond donors (Lipinski definition) is 3. The number of hydrogen-bond acceptors (Lipinski definition) is 4. The van der Waals surface area contributed by atoms with Gasteiger partial charge in [0.05, 0.1) is 0 Å². The summed E-state index contributed by atoms with van der Waals surface area (Å²) in [5.74, 6) is 0.0986. The van der Waals surface area contributed by atoms with Crippen LogP contribution < -0.4 is 10.5 Å². The first-order valence-corrected chi connectivity index (χ1v) is 7.70. The lowest BCUT2D eigenvalue weighted by atomic mass is 10.1. The molecule has 0 aliphatic rings. The molecule has 4 N–H and O–H groups in total. The van der Waals surface area contributed by atoms with Crippen LogP contribution in [-0.4, -0.2) is 36.9 Å². The first-order valence-electron chi connectivity index (χ1n) is 6.26. The van der Waals surface area contributed by atoms with Gasteiger partial charge in [0.15, 0.2) is 0 Å². The van der Waals surface area contributed by atoms with E-state index in [-0.39, 0.29) is 5.84 Å². The van der Waals surface area contributed by atoms with Crippen molar-refractivity contribution in [2.75, 3.05) is 17.8 Å².